The summed E-state index contributed by atoms with van der Waals surface area (Å²) < 4.78 is 0. The Balaban J connectivity index is 3.79. The molecule has 0 radical (unpaired) electrons. The van der Waals surface area contributed by atoms with Crippen molar-refractivity contribution in [2.24, 2.45) is 17.8 Å². The zero-order chi connectivity index (χ0) is 12.4. The Bertz CT molecular complexity index is 137. The van der Waals surface area contributed by atoms with Gasteiger partial charge in [-0.2, -0.15) is 0 Å². The third-order valence-corrected chi connectivity index (χ3v) is 3.98. The van der Waals surface area contributed by atoms with Gasteiger partial charge in [0, 0.05) is 0 Å². The lowest BCUT2D eigenvalue weighted by Gasteiger charge is -2.25. The lowest BCUT2D eigenvalue weighted by molar-refractivity contribution is 0.267. The summed E-state index contributed by atoms with van der Waals surface area (Å²) in [6, 6.07) is 0. The molecule has 0 saturated carbocycles. The average molecular weight is 226 g/mol. The molecule has 0 aromatic rings. The van der Waals surface area contributed by atoms with Crippen LogP contribution in [0.3, 0.4) is 0 Å². The average Bonchev–Trinajstić information content (AvgIpc) is 2.26. The molecule has 0 fully saturated rings. The number of unbranched alkanes of at least 4 members (excludes halogenated alkanes) is 1. The molecular formula is C16H34. The number of rotatable bonds is 10. The van der Waals surface area contributed by atoms with Crippen LogP contribution >= 0.6 is 0 Å². The van der Waals surface area contributed by atoms with E-state index in [-0.39, 0.29) is 0 Å². The maximum atomic E-state index is 2.38. The molecule has 0 spiro atoms. The quantitative estimate of drug-likeness (QED) is 0.397. The first-order valence-electron chi connectivity index (χ1n) is 7.65. The van der Waals surface area contributed by atoms with Crippen LogP contribution in [0.25, 0.3) is 0 Å². The van der Waals surface area contributed by atoms with Gasteiger partial charge in [0.15, 0.2) is 0 Å². The van der Waals surface area contributed by atoms with Gasteiger partial charge in [0.1, 0.15) is 0 Å². The topological polar surface area (TPSA) is 0 Å². The van der Waals surface area contributed by atoms with E-state index in [1.807, 2.05) is 0 Å². The molecule has 0 N–H and O–H groups in total. The van der Waals surface area contributed by atoms with Crippen LogP contribution in [0.15, 0.2) is 0 Å². The van der Waals surface area contributed by atoms with Gasteiger partial charge in [-0.05, 0) is 17.8 Å². The Morgan fingerprint density at radius 3 is 1.62 bits per heavy atom. The highest BCUT2D eigenvalue weighted by Gasteiger charge is 2.16. The van der Waals surface area contributed by atoms with Gasteiger partial charge in [-0.15, -0.1) is 0 Å². The molecule has 2 atom stereocenters. The van der Waals surface area contributed by atoms with Gasteiger partial charge in [0.2, 0.25) is 0 Å². The van der Waals surface area contributed by atoms with Gasteiger partial charge in [-0.1, -0.05) is 86.0 Å². The third kappa shape index (κ3) is 7.30. The highest BCUT2D eigenvalue weighted by Crippen LogP contribution is 2.29. The summed E-state index contributed by atoms with van der Waals surface area (Å²) in [6.45, 7) is 11.8. The van der Waals surface area contributed by atoms with Crippen molar-refractivity contribution in [2.75, 3.05) is 0 Å². The van der Waals surface area contributed by atoms with Gasteiger partial charge < -0.3 is 0 Å². The first kappa shape index (κ1) is 16.0. The number of hydrogen-bond donors (Lipinski definition) is 0. The van der Waals surface area contributed by atoms with E-state index in [9.17, 15) is 0 Å². The van der Waals surface area contributed by atoms with Crippen LogP contribution in [-0.2, 0) is 0 Å². The van der Waals surface area contributed by atoms with Crippen LogP contribution in [0, 0.1) is 17.8 Å². The molecular weight excluding hydrogens is 192 g/mol. The van der Waals surface area contributed by atoms with Crippen molar-refractivity contribution < 1.29 is 0 Å². The van der Waals surface area contributed by atoms with Gasteiger partial charge in [0.05, 0.1) is 0 Å². The third-order valence-electron chi connectivity index (χ3n) is 3.98. The second-order valence-corrected chi connectivity index (χ2v) is 5.80. The predicted octanol–water partition coefficient (Wildman–Crippen LogP) is 6.06. The van der Waals surface area contributed by atoms with Crippen molar-refractivity contribution in [1.29, 1.82) is 0 Å². The molecule has 16 heavy (non-hydrogen) atoms. The minimum absolute atomic E-state index is 0.887. The molecule has 0 aliphatic rings. The van der Waals surface area contributed by atoms with E-state index in [4.69, 9.17) is 0 Å². The maximum absolute atomic E-state index is 2.38. The fourth-order valence-electron chi connectivity index (χ4n) is 2.88. The lowest BCUT2D eigenvalue weighted by atomic mass is 9.81. The summed E-state index contributed by atoms with van der Waals surface area (Å²) in [5, 5.41) is 0. The molecule has 98 valence electrons. The van der Waals surface area contributed by atoms with Gasteiger partial charge >= 0.3 is 0 Å². The zero-order valence-corrected chi connectivity index (χ0v) is 12.4. The van der Waals surface area contributed by atoms with E-state index in [1.54, 1.807) is 0 Å². The molecule has 0 aliphatic heterocycles. The maximum Gasteiger partial charge on any atom is -0.0389 e. The van der Waals surface area contributed by atoms with Crippen molar-refractivity contribution in [3.05, 3.63) is 0 Å². The normalized spacial score (nSPS) is 15.4. The molecule has 0 saturated heterocycles. The molecule has 0 rings (SSSR count). The Morgan fingerprint density at radius 1 is 0.688 bits per heavy atom. The Kier molecular flexibility index (Phi) is 10.2. The summed E-state index contributed by atoms with van der Waals surface area (Å²) >= 11 is 0. The largest absolute Gasteiger partial charge is 0.0654 e. The van der Waals surface area contributed by atoms with Crippen molar-refractivity contribution in [1.82, 2.24) is 0 Å². The van der Waals surface area contributed by atoms with Crippen LogP contribution in [-0.4, -0.2) is 0 Å². The summed E-state index contributed by atoms with van der Waals surface area (Å²) in [5.41, 5.74) is 0. The second kappa shape index (κ2) is 10.2. The summed E-state index contributed by atoms with van der Waals surface area (Å²) in [4.78, 5) is 0. The van der Waals surface area contributed by atoms with E-state index >= 15 is 0 Å². The van der Waals surface area contributed by atoms with Crippen LogP contribution in [0.2, 0.25) is 0 Å². The first-order chi connectivity index (χ1) is 7.65. The second-order valence-electron chi connectivity index (χ2n) is 5.80. The zero-order valence-electron chi connectivity index (χ0n) is 12.4. The number of hydrogen-bond acceptors (Lipinski definition) is 0. The summed E-state index contributed by atoms with van der Waals surface area (Å²) in [5.74, 6) is 2.88. The van der Waals surface area contributed by atoms with Crippen molar-refractivity contribution in [2.45, 2.75) is 86.0 Å². The van der Waals surface area contributed by atoms with Crippen LogP contribution in [0.1, 0.15) is 86.0 Å². The Labute approximate surface area is 104 Å². The van der Waals surface area contributed by atoms with Crippen LogP contribution < -0.4 is 0 Å². The summed E-state index contributed by atoms with van der Waals surface area (Å²) in [7, 11) is 0. The van der Waals surface area contributed by atoms with Gasteiger partial charge in [-0.3, -0.25) is 0 Å². The smallest absolute Gasteiger partial charge is 0.0389 e. The fraction of sp³-hybridized carbons (Fsp3) is 1.00. The monoisotopic (exact) mass is 226 g/mol. The Morgan fingerprint density at radius 2 is 1.19 bits per heavy atom. The standard InChI is InChI=1S/C16H34/c1-6-11-15(7-2)16(8-3)13-10-9-12-14(4)5/h14-16H,6-13H2,1-5H3. The molecule has 0 amide bonds. The van der Waals surface area contributed by atoms with E-state index in [1.165, 1.54) is 51.4 Å². The van der Waals surface area contributed by atoms with E-state index in [0.717, 1.165) is 17.8 Å². The summed E-state index contributed by atoms with van der Waals surface area (Å²) in [6.07, 6.45) is 11.4. The predicted molar refractivity (Wildman–Crippen MR) is 75.8 cm³/mol. The van der Waals surface area contributed by atoms with E-state index in [2.05, 4.69) is 34.6 Å². The SMILES string of the molecule is CCCC(CC)C(CC)CCCCC(C)C. The molecule has 0 bridgehead atoms. The molecule has 2 unspecified atom stereocenters. The molecule has 0 aromatic carbocycles. The Hall–Kier alpha value is 0. The fourth-order valence-corrected chi connectivity index (χ4v) is 2.88. The molecule has 0 aromatic heterocycles. The molecule has 0 aliphatic carbocycles. The van der Waals surface area contributed by atoms with Crippen molar-refractivity contribution >= 4 is 0 Å². The van der Waals surface area contributed by atoms with E-state index < -0.39 is 0 Å². The lowest BCUT2D eigenvalue weighted by Crippen LogP contribution is -2.13. The molecule has 0 heteroatoms. The minimum Gasteiger partial charge on any atom is -0.0654 e. The van der Waals surface area contributed by atoms with Crippen LogP contribution in [0.4, 0.5) is 0 Å². The minimum atomic E-state index is 0.887. The van der Waals surface area contributed by atoms with Gasteiger partial charge in [-0.25, -0.2) is 0 Å². The molecule has 0 heterocycles. The van der Waals surface area contributed by atoms with E-state index in [0.29, 0.717) is 0 Å². The first-order valence-corrected chi connectivity index (χ1v) is 7.65. The van der Waals surface area contributed by atoms with Crippen molar-refractivity contribution in [3.63, 3.8) is 0 Å². The highest BCUT2D eigenvalue weighted by molar-refractivity contribution is 4.68. The highest BCUT2D eigenvalue weighted by atomic mass is 14.2. The van der Waals surface area contributed by atoms with Gasteiger partial charge in [0.25, 0.3) is 0 Å². The van der Waals surface area contributed by atoms with Crippen molar-refractivity contribution in [3.8, 4) is 0 Å². The van der Waals surface area contributed by atoms with Crippen LogP contribution in [0.5, 0.6) is 0 Å². The molecule has 0 nitrogen and oxygen atoms in total.